The molecule has 0 saturated carbocycles. The van der Waals surface area contributed by atoms with Crippen LogP contribution >= 0.6 is 15.9 Å². The summed E-state index contributed by atoms with van der Waals surface area (Å²) in [5, 5.41) is 0. The number of carbonyl (C=O) groups excluding carboxylic acids is 1. The van der Waals surface area contributed by atoms with Gasteiger partial charge in [0, 0.05) is 24.4 Å². The molecule has 86 valence electrons. The minimum absolute atomic E-state index is 0.0955. The fourth-order valence-electron chi connectivity index (χ4n) is 1.55. The topological polar surface area (TPSA) is 39.1 Å². The molecule has 4 heteroatoms. The van der Waals surface area contributed by atoms with Gasteiger partial charge in [-0.15, -0.1) is 0 Å². The molecule has 3 nitrogen and oxygen atoms in total. The lowest BCUT2D eigenvalue weighted by Gasteiger charge is -2.04. The van der Waals surface area contributed by atoms with Crippen LogP contribution in [0, 0.1) is 0 Å². The summed E-state index contributed by atoms with van der Waals surface area (Å²) in [5.74, 6) is -0.0955. The van der Waals surface area contributed by atoms with Gasteiger partial charge in [0.05, 0.1) is 4.47 Å². The van der Waals surface area contributed by atoms with Crippen LogP contribution < -0.4 is 5.56 Å². The molecule has 0 bridgehead atoms. The Bertz CT molecular complexity index is 591. The highest BCUT2D eigenvalue weighted by Gasteiger charge is 2.11. The van der Waals surface area contributed by atoms with Crippen molar-refractivity contribution in [1.82, 2.24) is 4.57 Å². The molecule has 2 rings (SSSR count). The van der Waals surface area contributed by atoms with Crippen LogP contribution in [0.1, 0.15) is 15.9 Å². The van der Waals surface area contributed by atoms with Crippen LogP contribution in [-0.2, 0) is 7.05 Å². The van der Waals surface area contributed by atoms with Crippen LogP contribution in [0.15, 0.2) is 51.9 Å². The zero-order valence-corrected chi connectivity index (χ0v) is 10.8. The second kappa shape index (κ2) is 4.67. The highest BCUT2D eigenvalue weighted by Crippen LogP contribution is 2.12. The van der Waals surface area contributed by atoms with Crippen molar-refractivity contribution in [1.29, 1.82) is 0 Å². The second-order valence-electron chi connectivity index (χ2n) is 3.69. The van der Waals surface area contributed by atoms with Crippen LogP contribution in [0.4, 0.5) is 0 Å². The number of carbonyl (C=O) groups is 1. The molecule has 1 aromatic heterocycles. The van der Waals surface area contributed by atoms with Crippen molar-refractivity contribution in [3.05, 3.63) is 68.5 Å². The Hall–Kier alpha value is -1.68. The van der Waals surface area contributed by atoms with Gasteiger partial charge in [0.25, 0.3) is 5.56 Å². The standard InChI is InChI=1S/C13H10BrNO2/c1-15-8-10(7-11(14)13(15)17)12(16)9-5-3-2-4-6-9/h2-8H,1H3. The maximum Gasteiger partial charge on any atom is 0.264 e. The molecular formula is C13H10BrNO2. The Morgan fingerprint density at radius 2 is 1.82 bits per heavy atom. The summed E-state index contributed by atoms with van der Waals surface area (Å²) in [6.07, 6.45) is 1.54. The summed E-state index contributed by atoms with van der Waals surface area (Å²) in [6, 6.07) is 10.5. The lowest BCUT2D eigenvalue weighted by Crippen LogP contribution is -2.19. The van der Waals surface area contributed by atoms with Crippen molar-refractivity contribution in [3.63, 3.8) is 0 Å². The molecule has 0 unspecified atom stereocenters. The zero-order valence-electron chi connectivity index (χ0n) is 9.18. The van der Waals surface area contributed by atoms with E-state index in [1.165, 1.54) is 4.57 Å². The van der Waals surface area contributed by atoms with E-state index in [-0.39, 0.29) is 11.3 Å². The minimum Gasteiger partial charge on any atom is -0.317 e. The number of benzene rings is 1. The quantitative estimate of drug-likeness (QED) is 0.797. The van der Waals surface area contributed by atoms with Crippen LogP contribution in [0.2, 0.25) is 0 Å². The van der Waals surface area contributed by atoms with E-state index >= 15 is 0 Å². The molecule has 0 aliphatic rings. The van der Waals surface area contributed by atoms with Crippen molar-refractivity contribution < 1.29 is 4.79 Å². The summed E-state index contributed by atoms with van der Waals surface area (Å²) in [4.78, 5) is 23.6. The number of hydrogen-bond donors (Lipinski definition) is 0. The molecule has 0 radical (unpaired) electrons. The first-order chi connectivity index (χ1) is 8.09. The van der Waals surface area contributed by atoms with Gasteiger partial charge in [-0.05, 0) is 22.0 Å². The van der Waals surface area contributed by atoms with Crippen LogP contribution in [0.25, 0.3) is 0 Å². The van der Waals surface area contributed by atoms with E-state index in [1.54, 1.807) is 31.4 Å². The smallest absolute Gasteiger partial charge is 0.264 e. The third-order valence-corrected chi connectivity index (χ3v) is 3.01. The van der Waals surface area contributed by atoms with Gasteiger partial charge < -0.3 is 4.57 Å². The summed E-state index contributed by atoms with van der Waals surface area (Å²) in [7, 11) is 1.62. The van der Waals surface area contributed by atoms with Gasteiger partial charge >= 0.3 is 0 Å². The molecule has 0 saturated heterocycles. The molecule has 0 N–H and O–H groups in total. The van der Waals surface area contributed by atoms with Crippen molar-refractivity contribution in [2.24, 2.45) is 7.05 Å². The normalized spacial score (nSPS) is 10.2. The van der Waals surface area contributed by atoms with E-state index < -0.39 is 0 Å². The second-order valence-corrected chi connectivity index (χ2v) is 4.54. The highest BCUT2D eigenvalue weighted by atomic mass is 79.9. The van der Waals surface area contributed by atoms with Gasteiger partial charge in [-0.3, -0.25) is 9.59 Å². The summed E-state index contributed by atoms with van der Waals surface area (Å²) in [6.45, 7) is 0. The Labute approximate surface area is 107 Å². The van der Waals surface area contributed by atoms with Gasteiger partial charge in [-0.2, -0.15) is 0 Å². The number of halogens is 1. The first-order valence-corrected chi connectivity index (χ1v) is 5.85. The van der Waals surface area contributed by atoms with E-state index in [0.717, 1.165) is 0 Å². The number of rotatable bonds is 2. The van der Waals surface area contributed by atoms with E-state index in [9.17, 15) is 9.59 Å². The van der Waals surface area contributed by atoms with E-state index in [2.05, 4.69) is 15.9 Å². The van der Waals surface area contributed by atoms with Gasteiger partial charge in [-0.1, -0.05) is 30.3 Å². The monoisotopic (exact) mass is 291 g/mol. The van der Waals surface area contributed by atoms with Crippen molar-refractivity contribution >= 4 is 21.7 Å². The average Bonchev–Trinajstić information content (AvgIpc) is 2.35. The zero-order chi connectivity index (χ0) is 12.4. The SMILES string of the molecule is Cn1cc(C(=O)c2ccccc2)cc(Br)c1=O. The molecule has 0 spiro atoms. The number of ketones is 1. The number of nitrogens with zero attached hydrogens (tertiary/aromatic N) is 1. The van der Waals surface area contributed by atoms with Gasteiger partial charge in [0.1, 0.15) is 0 Å². The maximum absolute atomic E-state index is 12.1. The van der Waals surface area contributed by atoms with Crippen molar-refractivity contribution in [2.45, 2.75) is 0 Å². The largest absolute Gasteiger partial charge is 0.317 e. The molecule has 0 aliphatic heterocycles. The number of hydrogen-bond acceptors (Lipinski definition) is 2. The predicted octanol–water partition coefficient (Wildman–Crippen LogP) is 2.38. The molecule has 17 heavy (non-hydrogen) atoms. The Balaban J connectivity index is 2.49. The average molecular weight is 292 g/mol. The lowest BCUT2D eigenvalue weighted by atomic mass is 10.1. The third-order valence-electron chi connectivity index (χ3n) is 2.44. The molecule has 0 fully saturated rings. The number of aromatic nitrogens is 1. The minimum atomic E-state index is -0.158. The summed E-state index contributed by atoms with van der Waals surface area (Å²) < 4.78 is 1.78. The van der Waals surface area contributed by atoms with Gasteiger partial charge in [-0.25, -0.2) is 0 Å². The van der Waals surface area contributed by atoms with Gasteiger partial charge in [0.2, 0.25) is 0 Å². The molecule has 0 atom stereocenters. The number of aryl methyl sites for hydroxylation is 1. The number of pyridine rings is 1. The lowest BCUT2D eigenvalue weighted by molar-refractivity contribution is 0.103. The molecular weight excluding hydrogens is 282 g/mol. The fraction of sp³-hybridized carbons (Fsp3) is 0.0769. The molecule has 2 aromatic rings. The van der Waals surface area contributed by atoms with Crippen molar-refractivity contribution in [3.8, 4) is 0 Å². The fourth-order valence-corrected chi connectivity index (χ4v) is 2.08. The summed E-state index contributed by atoms with van der Waals surface area (Å²) in [5.41, 5.74) is 0.942. The van der Waals surface area contributed by atoms with E-state index in [0.29, 0.717) is 15.6 Å². The Morgan fingerprint density at radius 1 is 1.18 bits per heavy atom. The first kappa shape index (κ1) is 11.8. The third kappa shape index (κ3) is 2.36. The van der Waals surface area contributed by atoms with Crippen LogP contribution in [0.5, 0.6) is 0 Å². The maximum atomic E-state index is 12.1. The predicted molar refractivity (Wildman–Crippen MR) is 69.3 cm³/mol. The van der Waals surface area contributed by atoms with E-state index in [1.807, 2.05) is 18.2 Å². The Kier molecular flexibility index (Phi) is 3.24. The molecule has 0 amide bonds. The van der Waals surface area contributed by atoms with E-state index in [4.69, 9.17) is 0 Å². The molecule has 1 aromatic carbocycles. The highest BCUT2D eigenvalue weighted by molar-refractivity contribution is 9.10. The molecule has 1 heterocycles. The van der Waals surface area contributed by atoms with Gasteiger partial charge in [0.15, 0.2) is 5.78 Å². The summed E-state index contributed by atoms with van der Waals surface area (Å²) >= 11 is 3.15. The Morgan fingerprint density at radius 3 is 2.41 bits per heavy atom. The van der Waals surface area contributed by atoms with Crippen LogP contribution in [0.3, 0.4) is 0 Å². The molecule has 0 aliphatic carbocycles. The van der Waals surface area contributed by atoms with Crippen molar-refractivity contribution in [2.75, 3.05) is 0 Å². The first-order valence-electron chi connectivity index (χ1n) is 5.05. The van der Waals surface area contributed by atoms with Crippen LogP contribution in [-0.4, -0.2) is 10.4 Å².